The van der Waals surface area contributed by atoms with E-state index in [1.165, 1.54) is 0 Å². The molecule has 2 aliphatic heterocycles. The van der Waals surface area contributed by atoms with Crippen molar-refractivity contribution < 1.29 is 5.11 Å². The fourth-order valence-electron chi connectivity index (χ4n) is 3.59. The molecule has 1 N–H and O–H groups in total. The number of anilines is 2. The minimum absolute atomic E-state index is 0.291. The maximum atomic E-state index is 9.33. The molecule has 0 aliphatic carbocycles. The first-order valence-electron chi connectivity index (χ1n) is 8.78. The Hall–Kier alpha value is -1.73. The summed E-state index contributed by atoms with van der Waals surface area (Å²) < 4.78 is 0.996. The number of halogens is 1. The SMILES string of the molecule is OCC1CCN(c2nccnc2C2CN(c3ccc(Br)cn3)C2)CC1. The average molecular weight is 404 g/mol. The molecule has 2 aliphatic rings. The van der Waals surface area contributed by atoms with Crippen molar-refractivity contribution in [3.05, 3.63) is 40.9 Å². The summed E-state index contributed by atoms with van der Waals surface area (Å²) in [5.74, 6) is 2.85. The van der Waals surface area contributed by atoms with Crippen LogP contribution >= 0.6 is 15.9 Å². The Morgan fingerprint density at radius 1 is 1.04 bits per heavy atom. The molecule has 0 amide bonds. The van der Waals surface area contributed by atoms with Crippen molar-refractivity contribution in [1.29, 1.82) is 0 Å². The predicted octanol–water partition coefficient (Wildman–Crippen LogP) is 2.45. The van der Waals surface area contributed by atoms with Crippen LogP contribution in [0.3, 0.4) is 0 Å². The van der Waals surface area contributed by atoms with Crippen LogP contribution in [-0.2, 0) is 0 Å². The van der Waals surface area contributed by atoms with E-state index in [-0.39, 0.29) is 0 Å². The minimum Gasteiger partial charge on any atom is -0.396 e. The van der Waals surface area contributed by atoms with Crippen molar-refractivity contribution >= 4 is 27.6 Å². The molecule has 0 atom stereocenters. The van der Waals surface area contributed by atoms with E-state index in [1.54, 1.807) is 12.4 Å². The number of aromatic nitrogens is 3. The Bertz CT molecular complexity index is 712. The smallest absolute Gasteiger partial charge is 0.150 e. The van der Waals surface area contributed by atoms with Crippen LogP contribution in [-0.4, -0.2) is 52.8 Å². The molecule has 2 saturated heterocycles. The standard InChI is InChI=1S/C18H22BrN5O/c19-15-1-2-16(22-9-15)24-10-14(11-24)17-18(21-6-5-20-17)23-7-3-13(12-25)4-8-23/h1-2,5-6,9,13-14,25H,3-4,7-8,10-12H2. The normalized spacial score (nSPS) is 19.1. The van der Waals surface area contributed by atoms with Gasteiger partial charge in [-0.2, -0.15) is 0 Å². The highest BCUT2D eigenvalue weighted by Crippen LogP contribution is 2.34. The topological polar surface area (TPSA) is 65.4 Å². The molecule has 7 heteroatoms. The summed E-state index contributed by atoms with van der Waals surface area (Å²) >= 11 is 3.43. The van der Waals surface area contributed by atoms with Crippen LogP contribution in [0.15, 0.2) is 35.2 Å². The van der Waals surface area contributed by atoms with Crippen molar-refractivity contribution in [3.8, 4) is 0 Å². The molecular weight excluding hydrogens is 382 g/mol. The van der Waals surface area contributed by atoms with E-state index in [9.17, 15) is 5.11 Å². The van der Waals surface area contributed by atoms with E-state index in [0.717, 1.165) is 60.8 Å². The molecule has 4 rings (SSSR count). The number of rotatable bonds is 4. The first-order valence-corrected chi connectivity index (χ1v) is 9.57. The van der Waals surface area contributed by atoms with Gasteiger partial charge in [0.2, 0.25) is 0 Å². The number of nitrogens with zero attached hydrogens (tertiary/aromatic N) is 5. The molecule has 25 heavy (non-hydrogen) atoms. The predicted molar refractivity (Wildman–Crippen MR) is 101 cm³/mol. The van der Waals surface area contributed by atoms with Gasteiger partial charge < -0.3 is 14.9 Å². The third kappa shape index (κ3) is 3.48. The number of hydrogen-bond acceptors (Lipinski definition) is 6. The highest BCUT2D eigenvalue weighted by Gasteiger charge is 2.34. The molecule has 0 aromatic carbocycles. The van der Waals surface area contributed by atoms with Crippen molar-refractivity contribution in [2.75, 3.05) is 42.6 Å². The van der Waals surface area contributed by atoms with Gasteiger partial charge in [0, 0.05) is 61.8 Å². The molecule has 0 radical (unpaired) electrons. The number of pyridine rings is 1. The minimum atomic E-state index is 0.291. The molecule has 2 aromatic rings. The van der Waals surface area contributed by atoms with Crippen molar-refractivity contribution in [1.82, 2.24) is 15.0 Å². The van der Waals surface area contributed by atoms with E-state index in [4.69, 9.17) is 0 Å². The van der Waals surface area contributed by atoms with Gasteiger partial charge in [-0.1, -0.05) is 0 Å². The summed E-state index contributed by atoms with van der Waals surface area (Å²) in [5.41, 5.74) is 1.10. The number of aliphatic hydroxyl groups excluding tert-OH is 1. The van der Waals surface area contributed by atoms with E-state index >= 15 is 0 Å². The Labute approximate surface area is 156 Å². The molecule has 0 saturated carbocycles. The third-order valence-corrected chi connectivity index (χ3v) is 5.65. The Balaban J connectivity index is 1.45. The average Bonchev–Trinajstić information content (AvgIpc) is 2.63. The second kappa shape index (κ2) is 7.25. The second-order valence-electron chi connectivity index (χ2n) is 6.81. The van der Waals surface area contributed by atoms with Gasteiger partial charge in [-0.05, 0) is 46.8 Å². The van der Waals surface area contributed by atoms with Crippen LogP contribution in [0, 0.1) is 5.92 Å². The van der Waals surface area contributed by atoms with Crippen LogP contribution in [0.2, 0.25) is 0 Å². The van der Waals surface area contributed by atoms with Gasteiger partial charge in [0.1, 0.15) is 5.82 Å². The molecule has 0 bridgehead atoms. The summed E-state index contributed by atoms with van der Waals surface area (Å²) in [4.78, 5) is 18.3. The van der Waals surface area contributed by atoms with Crippen molar-refractivity contribution in [3.63, 3.8) is 0 Å². The zero-order valence-electron chi connectivity index (χ0n) is 14.1. The number of piperidine rings is 1. The maximum Gasteiger partial charge on any atom is 0.150 e. The quantitative estimate of drug-likeness (QED) is 0.845. The van der Waals surface area contributed by atoms with Gasteiger partial charge >= 0.3 is 0 Å². The van der Waals surface area contributed by atoms with E-state index in [1.807, 2.05) is 18.3 Å². The highest BCUT2D eigenvalue weighted by atomic mass is 79.9. The highest BCUT2D eigenvalue weighted by molar-refractivity contribution is 9.10. The van der Waals surface area contributed by atoms with E-state index < -0.39 is 0 Å². The summed E-state index contributed by atoms with van der Waals surface area (Å²) in [6.45, 7) is 4.03. The summed E-state index contributed by atoms with van der Waals surface area (Å²) in [7, 11) is 0. The molecular formula is C18H22BrN5O. The largest absolute Gasteiger partial charge is 0.396 e. The molecule has 0 unspecified atom stereocenters. The third-order valence-electron chi connectivity index (χ3n) is 5.18. The number of aliphatic hydroxyl groups is 1. The Morgan fingerprint density at radius 3 is 2.48 bits per heavy atom. The van der Waals surface area contributed by atoms with Gasteiger partial charge in [0.25, 0.3) is 0 Å². The zero-order chi connectivity index (χ0) is 17.2. The molecule has 2 fully saturated rings. The van der Waals surface area contributed by atoms with Crippen molar-refractivity contribution in [2.24, 2.45) is 5.92 Å². The summed E-state index contributed by atoms with van der Waals surface area (Å²) in [6, 6.07) is 4.06. The summed E-state index contributed by atoms with van der Waals surface area (Å²) in [5, 5.41) is 9.33. The zero-order valence-corrected chi connectivity index (χ0v) is 15.6. The lowest BCUT2D eigenvalue weighted by atomic mass is 9.94. The second-order valence-corrected chi connectivity index (χ2v) is 7.73. The van der Waals surface area contributed by atoms with Gasteiger partial charge in [-0.15, -0.1) is 0 Å². The van der Waals surface area contributed by atoms with E-state index in [0.29, 0.717) is 18.4 Å². The number of hydrogen-bond donors (Lipinski definition) is 1. The molecule has 0 spiro atoms. The first kappa shape index (κ1) is 16.7. The molecule has 132 valence electrons. The van der Waals surface area contributed by atoms with Gasteiger partial charge in [-0.25, -0.2) is 9.97 Å². The summed E-state index contributed by atoms with van der Waals surface area (Å²) in [6.07, 6.45) is 7.45. The lowest BCUT2D eigenvalue weighted by Gasteiger charge is -2.41. The van der Waals surface area contributed by atoms with Gasteiger partial charge in [0.05, 0.1) is 5.69 Å². The lowest BCUT2D eigenvalue weighted by Crippen LogP contribution is -2.47. The van der Waals surface area contributed by atoms with Gasteiger partial charge in [0.15, 0.2) is 5.82 Å². The fourth-order valence-corrected chi connectivity index (χ4v) is 3.83. The lowest BCUT2D eigenvalue weighted by molar-refractivity contribution is 0.202. The van der Waals surface area contributed by atoms with Crippen LogP contribution in [0.1, 0.15) is 24.5 Å². The van der Waals surface area contributed by atoms with Crippen molar-refractivity contribution in [2.45, 2.75) is 18.8 Å². The van der Waals surface area contributed by atoms with Gasteiger partial charge in [-0.3, -0.25) is 4.98 Å². The molecule has 6 nitrogen and oxygen atoms in total. The molecule has 4 heterocycles. The first-order chi connectivity index (χ1) is 12.2. The van der Waals surface area contributed by atoms with Crippen LogP contribution in [0.25, 0.3) is 0 Å². The fraction of sp³-hybridized carbons (Fsp3) is 0.500. The molecule has 2 aromatic heterocycles. The van der Waals surface area contributed by atoms with E-state index in [2.05, 4.69) is 40.7 Å². The van der Waals surface area contributed by atoms with Crippen LogP contribution in [0.4, 0.5) is 11.6 Å². The van der Waals surface area contributed by atoms with Crippen LogP contribution in [0.5, 0.6) is 0 Å². The van der Waals surface area contributed by atoms with Crippen LogP contribution < -0.4 is 9.80 Å². The monoisotopic (exact) mass is 403 g/mol. The Kier molecular flexibility index (Phi) is 4.85. The Morgan fingerprint density at radius 2 is 1.80 bits per heavy atom. The maximum absolute atomic E-state index is 9.33.